The zero-order chi connectivity index (χ0) is 20.9. The number of benzene rings is 2. The number of nitrogens with one attached hydrogen (secondary N) is 1. The molecule has 2 aromatic carbocycles. The minimum Gasteiger partial charge on any atom is -0.463 e. The molecule has 1 amide bonds. The standard InChI is InChI=1S/C25H26N2O3/c1-18-5-11-23-22(15-18)25(29)20(17-30-23)8-12-24(28)26-21-9-6-19(7-10-21)16-27-13-3-2-4-14-27/h5-12,15,17H,2-4,13-14,16H2,1H3,(H,26,28)/b12-8+. The molecule has 5 nitrogen and oxygen atoms in total. The predicted octanol–water partition coefficient (Wildman–Crippen LogP) is 4.74. The lowest BCUT2D eigenvalue weighted by atomic mass is 10.1. The Balaban J connectivity index is 1.39. The second-order valence-corrected chi connectivity index (χ2v) is 7.88. The maximum Gasteiger partial charge on any atom is 0.248 e. The number of likely N-dealkylation sites (tertiary alicyclic amines) is 1. The molecule has 0 aliphatic carbocycles. The molecule has 2 heterocycles. The summed E-state index contributed by atoms with van der Waals surface area (Å²) in [5.74, 6) is -0.289. The number of hydrogen-bond acceptors (Lipinski definition) is 4. The van der Waals surface area contributed by atoms with Gasteiger partial charge in [-0.3, -0.25) is 14.5 Å². The summed E-state index contributed by atoms with van der Waals surface area (Å²) in [6.07, 6.45) is 8.11. The maximum atomic E-state index is 12.6. The van der Waals surface area contributed by atoms with Crippen molar-refractivity contribution in [3.8, 4) is 0 Å². The third kappa shape index (κ3) is 4.86. The molecule has 0 unspecified atom stereocenters. The van der Waals surface area contributed by atoms with E-state index in [4.69, 9.17) is 4.42 Å². The van der Waals surface area contributed by atoms with Crippen LogP contribution in [0, 0.1) is 6.92 Å². The van der Waals surface area contributed by atoms with Crippen LogP contribution in [0.5, 0.6) is 0 Å². The fourth-order valence-corrected chi connectivity index (χ4v) is 3.79. The normalized spacial score (nSPS) is 15.0. The maximum absolute atomic E-state index is 12.6. The van der Waals surface area contributed by atoms with Crippen LogP contribution in [-0.4, -0.2) is 23.9 Å². The Hall–Kier alpha value is -3.18. The molecule has 0 spiro atoms. The van der Waals surface area contributed by atoms with E-state index in [2.05, 4.69) is 10.2 Å². The highest BCUT2D eigenvalue weighted by molar-refractivity contribution is 6.02. The number of aryl methyl sites for hydroxylation is 1. The van der Waals surface area contributed by atoms with Crippen molar-refractivity contribution < 1.29 is 9.21 Å². The highest BCUT2D eigenvalue weighted by atomic mass is 16.3. The quantitative estimate of drug-likeness (QED) is 0.626. The third-order valence-corrected chi connectivity index (χ3v) is 5.45. The number of carbonyl (C=O) groups excluding carboxylic acids is 1. The van der Waals surface area contributed by atoms with E-state index in [-0.39, 0.29) is 11.3 Å². The highest BCUT2D eigenvalue weighted by Gasteiger charge is 2.10. The van der Waals surface area contributed by atoms with Crippen molar-refractivity contribution in [2.24, 2.45) is 0 Å². The van der Waals surface area contributed by atoms with Crippen molar-refractivity contribution in [1.29, 1.82) is 0 Å². The zero-order valence-electron chi connectivity index (χ0n) is 17.2. The molecule has 1 aromatic heterocycles. The van der Waals surface area contributed by atoms with E-state index >= 15 is 0 Å². The van der Waals surface area contributed by atoms with Crippen molar-refractivity contribution in [1.82, 2.24) is 4.90 Å². The minimum absolute atomic E-state index is 0.147. The van der Waals surface area contributed by atoms with Crippen LogP contribution in [0.3, 0.4) is 0 Å². The molecule has 30 heavy (non-hydrogen) atoms. The molecule has 1 aliphatic heterocycles. The molecular formula is C25H26N2O3. The Labute approximate surface area is 176 Å². The van der Waals surface area contributed by atoms with Gasteiger partial charge in [-0.05, 0) is 68.8 Å². The number of anilines is 1. The Bertz CT molecular complexity index is 1120. The number of carbonyl (C=O) groups is 1. The fraction of sp³-hybridized carbons (Fsp3) is 0.280. The zero-order valence-corrected chi connectivity index (χ0v) is 17.2. The number of nitrogens with zero attached hydrogens (tertiary/aromatic N) is 1. The molecular weight excluding hydrogens is 376 g/mol. The molecule has 0 atom stereocenters. The van der Waals surface area contributed by atoms with E-state index in [1.54, 1.807) is 12.1 Å². The van der Waals surface area contributed by atoms with E-state index in [1.165, 1.54) is 43.2 Å². The van der Waals surface area contributed by atoms with Gasteiger partial charge in [-0.1, -0.05) is 30.2 Å². The summed E-state index contributed by atoms with van der Waals surface area (Å²) in [4.78, 5) is 27.4. The molecule has 5 heteroatoms. The number of fused-ring (bicyclic) bond motifs is 1. The van der Waals surface area contributed by atoms with Crippen LogP contribution in [0.15, 0.2) is 64.0 Å². The highest BCUT2D eigenvalue weighted by Crippen LogP contribution is 2.16. The monoisotopic (exact) mass is 402 g/mol. The number of piperidine rings is 1. The number of rotatable bonds is 5. The van der Waals surface area contributed by atoms with Crippen LogP contribution in [0.2, 0.25) is 0 Å². The predicted molar refractivity (Wildman–Crippen MR) is 120 cm³/mol. The first kappa shape index (κ1) is 20.1. The van der Waals surface area contributed by atoms with Gasteiger partial charge in [0.2, 0.25) is 5.91 Å². The largest absolute Gasteiger partial charge is 0.463 e. The topological polar surface area (TPSA) is 62.6 Å². The summed E-state index contributed by atoms with van der Waals surface area (Å²) >= 11 is 0. The van der Waals surface area contributed by atoms with Crippen molar-refractivity contribution >= 4 is 28.6 Å². The molecule has 0 bridgehead atoms. The molecule has 0 saturated carbocycles. The summed E-state index contributed by atoms with van der Waals surface area (Å²) in [6, 6.07) is 13.4. The van der Waals surface area contributed by atoms with Gasteiger partial charge in [0.25, 0.3) is 0 Å². The molecule has 1 fully saturated rings. The van der Waals surface area contributed by atoms with Crippen LogP contribution < -0.4 is 10.7 Å². The first-order chi connectivity index (χ1) is 14.6. The van der Waals surface area contributed by atoms with E-state index in [1.807, 2.05) is 37.3 Å². The van der Waals surface area contributed by atoms with Gasteiger partial charge in [-0.25, -0.2) is 0 Å². The molecule has 1 N–H and O–H groups in total. The second-order valence-electron chi connectivity index (χ2n) is 7.88. The van der Waals surface area contributed by atoms with Gasteiger partial charge in [-0.2, -0.15) is 0 Å². The van der Waals surface area contributed by atoms with E-state index in [0.29, 0.717) is 16.5 Å². The summed E-state index contributed by atoms with van der Waals surface area (Å²) in [5.41, 5.74) is 3.70. The Morgan fingerprint density at radius 3 is 2.63 bits per heavy atom. The smallest absolute Gasteiger partial charge is 0.248 e. The van der Waals surface area contributed by atoms with Crippen LogP contribution in [0.4, 0.5) is 5.69 Å². The Morgan fingerprint density at radius 2 is 1.87 bits per heavy atom. The second kappa shape index (κ2) is 9.09. The lowest BCUT2D eigenvalue weighted by molar-refractivity contribution is -0.111. The van der Waals surface area contributed by atoms with Crippen molar-refractivity contribution in [3.63, 3.8) is 0 Å². The number of hydrogen-bond donors (Lipinski definition) is 1. The fourth-order valence-electron chi connectivity index (χ4n) is 3.79. The third-order valence-electron chi connectivity index (χ3n) is 5.45. The first-order valence-electron chi connectivity index (χ1n) is 10.4. The SMILES string of the molecule is Cc1ccc2occ(/C=C/C(=O)Nc3ccc(CN4CCCCC4)cc3)c(=O)c2c1. The number of amides is 1. The van der Waals surface area contributed by atoms with Crippen molar-refractivity contribution in [3.05, 3.63) is 81.7 Å². The van der Waals surface area contributed by atoms with Gasteiger partial charge in [0.15, 0.2) is 5.43 Å². The van der Waals surface area contributed by atoms with Gasteiger partial charge in [0.05, 0.1) is 10.9 Å². The molecule has 1 aliphatic rings. The summed E-state index contributed by atoms with van der Waals surface area (Å²) in [7, 11) is 0. The lowest BCUT2D eigenvalue weighted by Crippen LogP contribution is -2.29. The first-order valence-corrected chi connectivity index (χ1v) is 10.4. The summed E-state index contributed by atoms with van der Waals surface area (Å²) in [6.45, 7) is 5.19. The van der Waals surface area contributed by atoms with Crippen LogP contribution in [0.1, 0.15) is 36.0 Å². The van der Waals surface area contributed by atoms with Gasteiger partial charge in [0, 0.05) is 18.3 Å². The van der Waals surface area contributed by atoms with Crippen LogP contribution >= 0.6 is 0 Å². The van der Waals surface area contributed by atoms with Crippen molar-refractivity contribution in [2.45, 2.75) is 32.7 Å². The molecule has 1 saturated heterocycles. The average molecular weight is 402 g/mol. The van der Waals surface area contributed by atoms with Gasteiger partial charge in [0.1, 0.15) is 11.8 Å². The Kier molecular flexibility index (Phi) is 6.10. The van der Waals surface area contributed by atoms with E-state index in [0.717, 1.165) is 30.9 Å². The van der Waals surface area contributed by atoms with Crippen LogP contribution in [0.25, 0.3) is 17.0 Å². The molecule has 4 rings (SSSR count). The molecule has 0 radical (unpaired) electrons. The van der Waals surface area contributed by atoms with Gasteiger partial charge in [-0.15, -0.1) is 0 Å². The minimum atomic E-state index is -0.289. The Morgan fingerprint density at radius 1 is 1.10 bits per heavy atom. The summed E-state index contributed by atoms with van der Waals surface area (Å²) in [5, 5.41) is 3.35. The van der Waals surface area contributed by atoms with Crippen LogP contribution in [-0.2, 0) is 11.3 Å². The van der Waals surface area contributed by atoms with E-state index in [9.17, 15) is 9.59 Å². The molecule has 3 aromatic rings. The average Bonchev–Trinajstić information content (AvgIpc) is 2.76. The molecule has 154 valence electrons. The summed E-state index contributed by atoms with van der Waals surface area (Å²) < 4.78 is 5.52. The lowest BCUT2D eigenvalue weighted by Gasteiger charge is -2.26. The van der Waals surface area contributed by atoms with E-state index < -0.39 is 0 Å². The van der Waals surface area contributed by atoms with Gasteiger partial charge < -0.3 is 9.73 Å². The van der Waals surface area contributed by atoms with Crippen molar-refractivity contribution in [2.75, 3.05) is 18.4 Å². The van der Waals surface area contributed by atoms with Gasteiger partial charge >= 0.3 is 0 Å².